The van der Waals surface area contributed by atoms with Crippen LogP contribution < -0.4 is 10.6 Å². The molecule has 0 aliphatic rings. The minimum atomic E-state index is -1.06. The molecule has 0 saturated carbocycles. The fraction of sp³-hybridized carbons (Fsp3) is 0.120. The number of amides is 2. The van der Waals surface area contributed by atoms with E-state index in [1.807, 2.05) is 6.07 Å². The summed E-state index contributed by atoms with van der Waals surface area (Å²) in [4.78, 5) is 49.6. The van der Waals surface area contributed by atoms with Gasteiger partial charge in [-0.25, -0.2) is 0 Å². The van der Waals surface area contributed by atoms with E-state index >= 15 is 0 Å². The van der Waals surface area contributed by atoms with Crippen LogP contribution in [0.1, 0.15) is 46.0 Å². The van der Waals surface area contributed by atoms with Crippen molar-refractivity contribution >= 4 is 34.8 Å². The zero-order valence-electron chi connectivity index (χ0n) is 17.2. The predicted molar refractivity (Wildman–Crippen MR) is 119 cm³/mol. The third kappa shape index (κ3) is 5.30. The Labute approximate surface area is 180 Å². The molecule has 0 unspecified atom stereocenters. The number of anilines is 2. The van der Waals surface area contributed by atoms with E-state index in [9.17, 15) is 19.2 Å². The van der Waals surface area contributed by atoms with Crippen LogP contribution in [0.25, 0.3) is 0 Å². The minimum absolute atomic E-state index is 0.324. The SMILES string of the molecule is CC(=O)C(C(C)=O)c1cc(NC(=O)c2ccccc2)ccc1NC(=O)c1ccccc1. The fourth-order valence-corrected chi connectivity index (χ4v) is 3.29. The maximum absolute atomic E-state index is 12.6. The number of ketones is 2. The molecule has 2 amide bonds. The van der Waals surface area contributed by atoms with Crippen LogP contribution in [0.4, 0.5) is 11.4 Å². The second-order valence-corrected chi connectivity index (χ2v) is 7.10. The largest absolute Gasteiger partial charge is 0.322 e. The predicted octanol–water partition coefficient (Wildman–Crippen LogP) is 4.45. The highest BCUT2D eigenvalue weighted by molar-refractivity contribution is 6.10. The first-order valence-electron chi connectivity index (χ1n) is 9.74. The molecular weight excluding hydrogens is 392 g/mol. The van der Waals surface area contributed by atoms with Gasteiger partial charge in [-0.3, -0.25) is 19.2 Å². The van der Waals surface area contributed by atoms with Crippen LogP contribution in [0.5, 0.6) is 0 Å². The number of benzene rings is 3. The Morgan fingerprint density at radius 1 is 0.645 bits per heavy atom. The van der Waals surface area contributed by atoms with Crippen molar-refractivity contribution in [3.05, 3.63) is 95.6 Å². The van der Waals surface area contributed by atoms with Gasteiger partial charge in [0.25, 0.3) is 11.8 Å². The summed E-state index contributed by atoms with van der Waals surface area (Å²) in [6.45, 7) is 2.65. The van der Waals surface area contributed by atoms with Crippen molar-refractivity contribution in [1.29, 1.82) is 0 Å². The third-order valence-electron chi connectivity index (χ3n) is 4.75. The number of nitrogens with one attached hydrogen (secondary N) is 2. The smallest absolute Gasteiger partial charge is 0.255 e. The average molecular weight is 414 g/mol. The molecule has 0 heterocycles. The second kappa shape index (κ2) is 9.63. The topological polar surface area (TPSA) is 92.3 Å². The normalized spacial score (nSPS) is 10.4. The quantitative estimate of drug-likeness (QED) is 0.559. The molecule has 2 N–H and O–H groups in total. The zero-order valence-corrected chi connectivity index (χ0v) is 17.2. The van der Waals surface area contributed by atoms with Crippen molar-refractivity contribution in [2.24, 2.45) is 0 Å². The summed E-state index contributed by atoms with van der Waals surface area (Å²) in [6.07, 6.45) is 0. The van der Waals surface area contributed by atoms with Gasteiger partial charge in [0.15, 0.2) is 0 Å². The van der Waals surface area contributed by atoms with Crippen LogP contribution in [0.15, 0.2) is 78.9 Å². The molecule has 0 radical (unpaired) electrons. The van der Waals surface area contributed by atoms with Gasteiger partial charge in [-0.05, 0) is 61.9 Å². The van der Waals surface area contributed by atoms with E-state index in [1.165, 1.54) is 13.8 Å². The van der Waals surface area contributed by atoms with E-state index in [1.54, 1.807) is 72.8 Å². The molecule has 0 aliphatic carbocycles. The summed E-state index contributed by atoms with van der Waals surface area (Å²) in [7, 11) is 0. The van der Waals surface area contributed by atoms with Gasteiger partial charge in [-0.15, -0.1) is 0 Å². The highest BCUT2D eigenvalue weighted by atomic mass is 16.2. The molecule has 0 fully saturated rings. The number of hydrogen-bond donors (Lipinski definition) is 2. The van der Waals surface area contributed by atoms with E-state index in [0.717, 1.165) is 0 Å². The van der Waals surface area contributed by atoms with Crippen LogP contribution in [0, 0.1) is 0 Å². The second-order valence-electron chi connectivity index (χ2n) is 7.10. The van der Waals surface area contributed by atoms with Crippen molar-refractivity contribution in [3.8, 4) is 0 Å². The van der Waals surface area contributed by atoms with Gasteiger partial charge < -0.3 is 10.6 Å². The molecule has 3 rings (SSSR count). The van der Waals surface area contributed by atoms with Crippen LogP contribution >= 0.6 is 0 Å². The van der Waals surface area contributed by atoms with Crippen molar-refractivity contribution < 1.29 is 19.2 Å². The summed E-state index contributed by atoms with van der Waals surface area (Å²) in [5.41, 5.74) is 1.99. The lowest BCUT2D eigenvalue weighted by molar-refractivity contribution is -0.126. The standard InChI is InChI=1S/C25H22N2O4/c1-16(28)23(17(2)29)21-15-20(26-24(30)18-9-5-3-6-10-18)13-14-22(21)27-25(31)19-11-7-4-8-12-19/h3-15,23H,1-2H3,(H,26,30)(H,27,31). The van der Waals surface area contributed by atoms with E-state index in [4.69, 9.17) is 0 Å². The number of carbonyl (C=O) groups excluding carboxylic acids is 4. The lowest BCUT2D eigenvalue weighted by Gasteiger charge is -2.18. The Kier molecular flexibility index (Phi) is 6.72. The first-order valence-corrected chi connectivity index (χ1v) is 9.74. The van der Waals surface area contributed by atoms with E-state index < -0.39 is 5.92 Å². The van der Waals surface area contributed by atoms with E-state index in [0.29, 0.717) is 28.1 Å². The summed E-state index contributed by atoms with van der Waals surface area (Å²) >= 11 is 0. The van der Waals surface area contributed by atoms with Gasteiger partial charge in [0.2, 0.25) is 0 Å². The minimum Gasteiger partial charge on any atom is -0.322 e. The highest BCUT2D eigenvalue weighted by Gasteiger charge is 2.26. The maximum atomic E-state index is 12.6. The Hall–Kier alpha value is -4.06. The number of rotatable bonds is 7. The van der Waals surface area contributed by atoms with E-state index in [-0.39, 0.29) is 23.4 Å². The first-order chi connectivity index (χ1) is 14.9. The molecule has 0 saturated heterocycles. The summed E-state index contributed by atoms with van der Waals surface area (Å²) in [6, 6.07) is 22.0. The Morgan fingerprint density at radius 2 is 1.13 bits per heavy atom. The molecule has 0 bridgehead atoms. The third-order valence-corrected chi connectivity index (χ3v) is 4.75. The lowest BCUT2D eigenvalue weighted by atomic mass is 9.90. The molecule has 156 valence electrons. The first kappa shape index (κ1) is 21.6. The highest BCUT2D eigenvalue weighted by Crippen LogP contribution is 2.30. The Balaban J connectivity index is 1.96. The molecule has 3 aromatic rings. The van der Waals surface area contributed by atoms with Crippen LogP contribution in [-0.2, 0) is 9.59 Å². The molecule has 6 heteroatoms. The summed E-state index contributed by atoms with van der Waals surface area (Å²) < 4.78 is 0. The van der Waals surface area contributed by atoms with Crippen LogP contribution in [0.2, 0.25) is 0 Å². The summed E-state index contributed by atoms with van der Waals surface area (Å²) in [5, 5.41) is 5.54. The lowest BCUT2D eigenvalue weighted by Crippen LogP contribution is -2.21. The van der Waals surface area contributed by atoms with Crippen molar-refractivity contribution in [2.45, 2.75) is 19.8 Å². The molecule has 0 spiro atoms. The Bertz CT molecular complexity index is 1110. The van der Waals surface area contributed by atoms with Crippen molar-refractivity contribution in [1.82, 2.24) is 0 Å². The van der Waals surface area contributed by atoms with Gasteiger partial charge in [0, 0.05) is 22.5 Å². The molecule has 0 aromatic heterocycles. The average Bonchev–Trinajstić information content (AvgIpc) is 2.76. The number of Topliss-reactive ketones (excluding diaryl/α,β-unsaturated/α-hetero) is 2. The zero-order chi connectivity index (χ0) is 22.4. The summed E-state index contributed by atoms with van der Waals surface area (Å²) in [5.74, 6) is -2.45. The van der Waals surface area contributed by atoms with Gasteiger partial charge in [0.05, 0.1) is 0 Å². The van der Waals surface area contributed by atoms with Gasteiger partial charge >= 0.3 is 0 Å². The fourth-order valence-electron chi connectivity index (χ4n) is 3.29. The monoisotopic (exact) mass is 414 g/mol. The van der Waals surface area contributed by atoms with Crippen molar-refractivity contribution in [2.75, 3.05) is 10.6 Å². The molecule has 0 aliphatic heterocycles. The van der Waals surface area contributed by atoms with Crippen LogP contribution in [0.3, 0.4) is 0 Å². The van der Waals surface area contributed by atoms with Gasteiger partial charge in [0.1, 0.15) is 17.5 Å². The molecule has 0 atom stereocenters. The van der Waals surface area contributed by atoms with Crippen molar-refractivity contribution in [3.63, 3.8) is 0 Å². The molecule has 31 heavy (non-hydrogen) atoms. The Morgan fingerprint density at radius 3 is 1.61 bits per heavy atom. The maximum Gasteiger partial charge on any atom is 0.255 e. The number of carbonyl (C=O) groups is 4. The number of hydrogen-bond acceptors (Lipinski definition) is 4. The molecule has 3 aromatic carbocycles. The van der Waals surface area contributed by atoms with E-state index in [2.05, 4.69) is 10.6 Å². The molecule has 6 nitrogen and oxygen atoms in total. The molecular formula is C25H22N2O4. The van der Waals surface area contributed by atoms with Gasteiger partial charge in [-0.1, -0.05) is 36.4 Å². The van der Waals surface area contributed by atoms with Crippen LogP contribution in [-0.4, -0.2) is 23.4 Å². The van der Waals surface area contributed by atoms with Gasteiger partial charge in [-0.2, -0.15) is 0 Å².